The highest BCUT2D eigenvalue weighted by Crippen LogP contribution is 2.33. The molecule has 1 rings (SSSR count). The lowest BCUT2D eigenvalue weighted by Crippen LogP contribution is -2.27. The number of carbonyl (C=O) groups excluding carboxylic acids is 1. The minimum absolute atomic E-state index is 0.0175. The summed E-state index contributed by atoms with van der Waals surface area (Å²) >= 11 is 0. The molecule has 0 aliphatic carbocycles. The molecule has 0 heterocycles. The van der Waals surface area contributed by atoms with Crippen LogP contribution in [0.5, 0.6) is 0 Å². The molecule has 0 saturated carbocycles. The van der Waals surface area contributed by atoms with Crippen molar-refractivity contribution in [3.8, 4) is 0 Å². The van der Waals surface area contributed by atoms with Gasteiger partial charge in [-0.3, -0.25) is 15.4 Å². The third-order valence-corrected chi connectivity index (χ3v) is 2.65. The molecule has 0 aliphatic heterocycles. The van der Waals surface area contributed by atoms with E-state index in [2.05, 4.69) is 5.32 Å². The van der Waals surface area contributed by atoms with Crippen molar-refractivity contribution in [3.05, 3.63) is 33.9 Å². The van der Waals surface area contributed by atoms with Crippen molar-refractivity contribution in [2.45, 2.75) is 52.6 Å². The van der Waals surface area contributed by atoms with Crippen molar-refractivity contribution in [1.29, 1.82) is 0 Å². The van der Waals surface area contributed by atoms with E-state index in [0.29, 0.717) is 11.3 Å². The summed E-state index contributed by atoms with van der Waals surface area (Å²) in [6.45, 7) is 10.9. The van der Waals surface area contributed by atoms with Gasteiger partial charge in [0.15, 0.2) is 0 Å². The summed E-state index contributed by atoms with van der Waals surface area (Å²) in [7, 11) is 0. The van der Waals surface area contributed by atoms with E-state index in [9.17, 15) is 14.9 Å². The number of hydrogen-bond acceptors (Lipinski definition) is 4. The second kappa shape index (κ2) is 5.71. The van der Waals surface area contributed by atoms with Crippen LogP contribution in [0.3, 0.4) is 0 Å². The van der Waals surface area contributed by atoms with Gasteiger partial charge in [-0.1, -0.05) is 20.8 Å². The predicted octanol–water partition coefficient (Wildman–Crippen LogP) is 4.24. The SMILES string of the molecule is CC(C)(C)OC(=O)Nc1ccc(C(C)(C)C)c([N+](=O)[O-])c1. The van der Waals surface area contributed by atoms with Crippen LogP contribution in [0.1, 0.15) is 47.1 Å². The van der Waals surface area contributed by atoms with E-state index in [1.165, 1.54) is 6.07 Å². The van der Waals surface area contributed by atoms with Crippen LogP contribution in [0.2, 0.25) is 0 Å². The van der Waals surface area contributed by atoms with Crippen molar-refractivity contribution in [1.82, 2.24) is 0 Å². The minimum Gasteiger partial charge on any atom is -0.444 e. The summed E-state index contributed by atoms with van der Waals surface area (Å²) in [5, 5.41) is 13.7. The van der Waals surface area contributed by atoms with Crippen LogP contribution in [0.15, 0.2) is 18.2 Å². The standard InChI is InChI=1S/C15H22N2O4/c1-14(2,3)11-8-7-10(9-12(11)17(19)20)16-13(18)21-15(4,5)6/h7-9H,1-6H3,(H,16,18). The normalized spacial score (nSPS) is 11.9. The van der Waals surface area contributed by atoms with Crippen molar-refractivity contribution in [2.75, 3.05) is 5.32 Å². The molecule has 0 fully saturated rings. The van der Waals surface area contributed by atoms with Crippen LogP contribution in [-0.4, -0.2) is 16.6 Å². The first-order chi connectivity index (χ1) is 9.40. The Morgan fingerprint density at radius 2 is 1.76 bits per heavy atom. The maximum atomic E-state index is 11.7. The first-order valence-electron chi connectivity index (χ1n) is 6.69. The molecule has 0 unspecified atom stereocenters. The van der Waals surface area contributed by atoms with E-state index >= 15 is 0 Å². The van der Waals surface area contributed by atoms with Crippen LogP contribution >= 0.6 is 0 Å². The Balaban J connectivity index is 3.05. The van der Waals surface area contributed by atoms with Crippen molar-refractivity contribution in [2.24, 2.45) is 0 Å². The smallest absolute Gasteiger partial charge is 0.412 e. The number of nitrogens with one attached hydrogen (secondary N) is 1. The number of ether oxygens (including phenoxy) is 1. The molecule has 6 heteroatoms. The number of hydrogen-bond donors (Lipinski definition) is 1. The highest BCUT2D eigenvalue weighted by Gasteiger charge is 2.25. The fraction of sp³-hybridized carbons (Fsp3) is 0.533. The van der Waals surface area contributed by atoms with Gasteiger partial charge in [0.05, 0.1) is 10.6 Å². The summed E-state index contributed by atoms with van der Waals surface area (Å²) in [4.78, 5) is 22.4. The monoisotopic (exact) mass is 294 g/mol. The zero-order valence-electron chi connectivity index (χ0n) is 13.3. The van der Waals surface area contributed by atoms with Gasteiger partial charge in [0, 0.05) is 11.6 Å². The van der Waals surface area contributed by atoms with Crippen molar-refractivity contribution >= 4 is 17.5 Å². The van der Waals surface area contributed by atoms with Crippen LogP contribution in [-0.2, 0) is 10.2 Å². The van der Waals surface area contributed by atoms with E-state index in [1.54, 1.807) is 32.9 Å². The molecular weight excluding hydrogens is 272 g/mol. The van der Waals surface area contributed by atoms with E-state index in [4.69, 9.17) is 4.74 Å². The Bertz CT molecular complexity index is 554. The van der Waals surface area contributed by atoms with Gasteiger partial charge in [-0.25, -0.2) is 4.79 Å². The third-order valence-electron chi connectivity index (χ3n) is 2.65. The number of nitro benzene ring substituents is 1. The van der Waals surface area contributed by atoms with E-state index in [0.717, 1.165) is 0 Å². The molecule has 0 radical (unpaired) electrons. The van der Waals surface area contributed by atoms with E-state index < -0.39 is 16.6 Å². The number of rotatable bonds is 2. The number of anilines is 1. The van der Waals surface area contributed by atoms with E-state index in [1.807, 2.05) is 20.8 Å². The zero-order valence-corrected chi connectivity index (χ0v) is 13.3. The fourth-order valence-electron chi connectivity index (χ4n) is 1.82. The average molecular weight is 294 g/mol. The Kier molecular flexibility index (Phi) is 4.61. The van der Waals surface area contributed by atoms with Gasteiger partial charge in [0.25, 0.3) is 5.69 Å². The summed E-state index contributed by atoms with van der Waals surface area (Å²) in [6, 6.07) is 4.65. The highest BCUT2D eigenvalue weighted by molar-refractivity contribution is 5.85. The predicted molar refractivity (Wildman–Crippen MR) is 81.7 cm³/mol. The first kappa shape index (κ1) is 16.9. The molecule has 21 heavy (non-hydrogen) atoms. The number of amides is 1. The molecule has 0 spiro atoms. The molecule has 1 aromatic rings. The summed E-state index contributed by atoms with van der Waals surface area (Å²) in [5.74, 6) is 0. The number of nitrogens with zero attached hydrogens (tertiary/aromatic N) is 1. The Hall–Kier alpha value is -2.11. The van der Waals surface area contributed by atoms with Gasteiger partial charge in [-0.15, -0.1) is 0 Å². The summed E-state index contributed by atoms with van der Waals surface area (Å²) in [6.07, 6.45) is -0.639. The maximum absolute atomic E-state index is 11.7. The van der Waals surface area contributed by atoms with Crippen molar-refractivity contribution < 1.29 is 14.5 Å². The molecule has 0 atom stereocenters. The number of carbonyl (C=O) groups is 1. The quantitative estimate of drug-likeness (QED) is 0.653. The Morgan fingerprint density at radius 3 is 2.19 bits per heavy atom. The van der Waals surface area contributed by atoms with Gasteiger partial charge in [-0.05, 0) is 38.3 Å². The molecular formula is C15H22N2O4. The molecule has 1 N–H and O–H groups in total. The van der Waals surface area contributed by atoms with Gasteiger partial charge >= 0.3 is 6.09 Å². The second-order valence-corrected chi connectivity index (χ2v) is 6.87. The molecule has 1 amide bonds. The topological polar surface area (TPSA) is 81.5 Å². The summed E-state index contributed by atoms with van der Waals surface area (Å²) in [5.41, 5.74) is -0.0453. The molecule has 0 bridgehead atoms. The number of nitro groups is 1. The molecule has 0 aromatic heterocycles. The molecule has 1 aromatic carbocycles. The lowest BCUT2D eigenvalue weighted by Gasteiger charge is -2.21. The number of benzene rings is 1. The lowest BCUT2D eigenvalue weighted by molar-refractivity contribution is -0.385. The third kappa shape index (κ3) is 5.06. The summed E-state index contributed by atoms with van der Waals surface area (Å²) < 4.78 is 5.12. The molecule has 0 saturated heterocycles. The zero-order chi connectivity index (χ0) is 16.4. The van der Waals surface area contributed by atoms with Gasteiger partial charge in [0.2, 0.25) is 0 Å². The Labute approximate surface area is 124 Å². The van der Waals surface area contributed by atoms with Gasteiger partial charge in [-0.2, -0.15) is 0 Å². The minimum atomic E-state index is -0.639. The molecule has 116 valence electrons. The van der Waals surface area contributed by atoms with Crippen LogP contribution < -0.4 is 5.32 Å². The van der Waals surface area contributed by atoms with Crippen LogP contribution in [0.4, 0.5) is 16.2 Å². The van der Waals surface area contributed by atoms with Gasteiger partial charge < -0.3 is 4.74 Å². The fourth-order valence-corrected chi connectivity index (χ4v) is 1.82. The molecule has 6 nitrogen and oxygen atoms in total. The van der Waals surface area contributed by atoms with Crippen molar-refractivity contribution in [3.63, 3.8) is 0 Å². The largest absolute Gasteiger partial charge is 0.444 e. The lowest BCUT2D eigenvalue weighted by atomic mass is 9.85. The van der Waals surface area contributed by atoms with E-state index in [-0.39, 0.29) is 11.1 Å². The van der Waals surface area contributed by atoms with Crippen LogP contribution in [0, 0.1) is 10.1 Å². The first-order valence-corrected chi connectivity index (χ1v) is 6.69. The Morgan fingerprint density at radius 1 is 1.19 bits per heavy atom. The van der Waals surface area contributed by atoms with Crippen LogP contribution in [0.25, 0.3) is 0 Å². The highest BCUT2D eigenvalue weighted by atomic mass is 16.6. The second-order valence-electron chi connectivity index (χ2n) is 6.87. The average Bonchev–Trinajstić information content (AvgIpc) is 2.24. The molecule has 0 aliphatic rings. The maximum Gasteiger partial charge on any atom is 0.412 e. The van der Waals surface area contributed by atoms with Gasteiger partial charge in [0.1, 0.15) is 5.60 Å².